The number of aromatic nitrogens is 3. The highest BCUT2D eigenvalue weighted by Crippen LogP contribution is 2.35. The van der Waals surface area contributed by atoms with Gasteiger partial charge in [-0.2, -0.15) is 10.1 Å². The standard InChI is InChI=1S/C32H29FN6O/c1-23-12-14-27(15-13-23)39-29(24-8-4-2-5-9-24)20-26(30(39)25-10-6-3-7-11-25)21-35-37-32-34-22-28(33)31(36-32)38-16-18-40-19-17-38/h2-15,20-22H,16-19H2,1H3,(H,34,36,37). The fraction of sp³-hybridized carbons (Fsp3) is 0.156. The molecule has 2 aromatic heterocycles. The zero-order valence-corrected chi connectivity index (χ0v) is 22.2. The second-order valence-electron chi connectivity index (χ2n) is 9.57. The van der Waals surface area contributed by atoms with Gasteiger partial charge in [-0.3, -0.25) is 0 Å². The molecule has 0 spiro atoms. The molecule has 40 heavy (non-hydrogen) atoms. The maximum atomic E-state index is 14.5. The van der Waals surface area contributed by atoms with E-state index in [1.165, 1.54) is 11.8 Å². The van der Waals surface area contributed by atoms with Crippen molar-refractivity contribution in [3.63, 3.8) is 0 Å². The predicted molar refractivity (Wildman–Crippen MR) is 158 cm³/mol. The van der Waals surface area contributed by atoms with Gasteiger partial charge >= 0.3 is 0 Å². The van der Waals surface area contributed by atoms with Gasteiger partial charge in [-0.25, -0.2) is 14.8 Å². The minimum absolute atomic E-state index is 0.224. The van der Waals surface area contributed by atoms with Gasteiger partial charge in [-0.05, 0) is 36.2 Å². The molecule has 0 aliphatic carbocycles. The summed E-state index contributed by atoms with van der Waals surface area (Å²) in [5.74, 6) is 0.00462. The summed E-state index contributed by atoms with van der Waals surface area (Å²) in [6, 6.07) is 31.2. The average molecular weight is 533 g/mol. The summed E-state index contributed by atoms with van der Waals surface area (Å²) >= 11 is 0. The number of hydrazone groups is 1. The van der Waals surface area contributed by atoms with E-state index >= 15 is 0 Å². The van der Waals surface area contributed by atoms with E-state index < -0.39 is 5.82 Å². The maximum absolute atomic E-state index is 14.5. The molecule has 6 rings (SSSR count). The number of nitrogens with zero attached hydrogens (tertiary/aromatic N) is 5. The van der Waals surface area contributed by atoms with Crippen LogP contribution in [-0.2, 0) is 4.74 Å². The van der Waals surface area contributed by atoms with E-state index in [0.29, 0.717) is 26.3 Å². The van der Waals surface area contributed by atoms with E-state index in [4.69, 9.17) is 4.74 Å². The first-order valence-corrected chi connectivity index (χ1v) is 13.3. The van der Waals surface area contributed by atoms with Crippen molar-refractivity contribution in [2.45, 2.75) is 6.92 Å². The molecule has 0 radical (unpaired) electrons. The molecular formula is C32H29FN6O. The number of morpholine rings is 1. The lowest BCUT2D eigenvalue weighted by molar-refractivity contribution is 0.122. The van der Waals surface area contributed by atoms with E-state index in [1.54, 1.807) is 6.21 Å². The SMILES string of the molecule is Cc1ccc(-n2c(-c3ccccc3)cc(C=NNc3ncc(F)c(N4CCOCC4)n3)c2-c2ccccc2)cc1. The molecule has 0 bridgehead atoms. The first-order chi connectivity index (χ1) is 19.7. The Morgan fingerprint density at radius 2 is 1.57 bits per heavy atom. The van der Waals surface area contributed by atoms with Crippen LogP contribution in [0, 0.1) is 12.7 Å². The molecule has 1 saturated heterocycles. The Morgan fingerprint density at radius 1 is 0.900 bits per heavy atom. The van der Waals surface area contributed by atoms with Gasteiger partial charge < -0.3 is 14.2 Å². The molecule has 1 aliphatic rings. The number of hydrogen-bond acceptors (Lipinski definition) is 6. The van der Waals surface area contributed by atoms with Gasteiger partial charge in [0.1, 0.15) is 0 Å². The molecule has 5 aromatic rings. The van der Waals surface area contributed by atoms with Crippen LogP contribution in [0.15, 0.2) is 102 Å². The van der Waals surface area contributed by atoms with Crippen molar-refractivity contribution < 1.29 is 9.13 Å². The summed E-state index contributed by atoms with van der Waals surface area (Å²) < 4.78 is 22.1. The van der Waals surface area contributed by atoms with E-state index in [1.807, 2.05) is 41.3 Å². The molecule has 0 saturated carbocycles. The second-order valence-corrected chi connectivity index (χ2v) is 9.57. The number of aryl methyl sites for hydroxylation is 1. The Balaban J connectivity index is 1.42. The van der Waals surface area contributed by atoms with E-state index in [9.17, 15) is 4.39 Å². The second kappa shape index (κ2) is 11.5. The zero-order valence-electron chi connectivity index (χ0n) is 22.2. The molecule has 0 amide bonds. The highest BCUT2D eigenvalue weighted by molar-refractivity contribution is 5.93. The highest BCUT2D eigenvalue weighted by atomic mass is 19.1. The van der Waals surface area contributed by atoms with Gasteiger partial charge in [0.25, 0.3) is 0 Å². The Bertz CT molecular complexity index is 1610. The molecule has 1 N–H and O–H groups in total. The summed E-state index contributed by atoms with van der Waals surface area (Å²) in [5.41, 5.74) is 10.2. The van der Waals surface area contributed by atoms with E-state index in [0.717, 1.165) is 33.8 Å². The average Bonchev–Trinajstić information content (AvgIpc) is 3.39. The quantitative estimate of drug-likeness (QED) is 0.196. The van der Waals surface area contributed by atoms with Crippen LogP contribution in [0.3, 0.4) is 0 Å². The Hall–Kier alpha value is -4.82. The van der Waals surface area contributed by atoms with Crippen molar-refractivity contribution >= 4 is 18.0 Å². The Labute approximate surface area is 232 Å². The van der Waals surface area contributed by atoms with Gasteiger partial charge in [-0.15, -0.1) is 0 Å². The Morgan fingerprint density at radius 3 is 2.27 bits per heavy atom. The molecule has 0 atom stereocenters. The molecule has 3 heterocycles. The lowest BCUT2D eigenvalue weighted by atomic mass is 10.1. The van der Waals surface area contributed by atoms with Gasteiger partial charge in [0.05, 0.1) is 37.0 Å². The van der Waals surface area contributed by atoms with Crippen LogP contribution < -0.4 is 10.3 Å². The normalized spacial score (nSPS) is 13.6. The van der Waals surface area contributed by atoms with Crippen LogP contribution in [0.5, 0.6) is 0 Å². The molecule has 8 heteroatoms. The summed E-state index contributed by atoms with van der Waals surface area (Å²) in [6.45, 7) is 4.31. The minimum Gasteiger partial charge on any atom is -0.378 e. The third-order valence-electron chi connectivity index (χ3n) is 6.84. The maximum Gasteiger partial charge on any atom is 0.245 e. The van der Waals surface area contributed by atoms with Gasteiger partial charge in [-0.1, -0.05) is 78.4 Å². The molecule has 1 aliphatic heterocycles. The topological polar surface area (TPSA) is 67.6 Å². The number of nitrogens with one attached hydrogen (secondary N) is 1. The van der Waals surface area contributed by atoms with E-state index in [-0.39, 0.29) is 11.8 Å². The van der Waals surface area contributed by atoms with Crippen LogP contribution in [0.1, 0.15) is 11.1 Å². The number of hydrogen-bond donors (Lipinski definition) is 1. The molecule has 7 nitrogen and oxygen atoms in total. The van der Waals surface area contributed by atoms with Crippen LogP contribution in [-0.4, -0.2) is 47.1 Å². The fourth-order valence-corrected chi connectivity index (χ4v) is 4.87. The van der Waals surface area contributed by atoms with Crippen LogP contribution >= 0.6 is 0 Å². The first kappa shape index (κ1) is 25.5. The van der Waals surface area contributed by atoms with E-state index in [2.05, 4.69) is 86.6 Å². The number of benzene rings is 3. The highest BCUT2D eigenvalue weighted by Gasteiger charge is 2.20. The van der Waals surface area contributed by atoms with Crippen LogP contribution in [0.4, 0.5) is 16.2 Å². The predicted octanol–water partition coefficient (Wildman–Crippen LogP) is 6.33. The number of anilines is 2. The van der Waals surface area contributed by atoms with Gasteiger partial charge in [0.2, 0.25) is 5.95 Å². The summed E-state index contributed by atoms with van der Waals surface area (Å²) in [4.78, 5) is 10.3. The zero-order chi connectivity index (χ0) is 27.3. The molecule has 1 fully saturated rings. The number of halogens is 1. The molecule has 0 unspecified atom stereocenters. The van der Waals surface area contributed by atoms with Crippen molar-refractivity contribution in [2.24, 2.45) is 5.10 Å². The number of rotatable bonds is 7. The lowest BCUT2D eigenvalue weighted by Crippen LogP contribution is -2.37. The monoisotopic (exact) mass is 532 g/mol. The van der Waals surface area contributed by atoms with Crippen molar-refractivity contribution in [2.75, 3.05) is 36.6 Å². The first-order valence-electron chi connectivity index (χ1n) is 13.3. The van der Waals surface area contributed by atoms with Crippen molar-refractivity contribution in [3.8, 4) is 28.2 Å². The Kier molecular flexibility index (Phi) is 7.32. The van der Waals surface area contributed by atoms with Crippen molar-refractivity contribution in [1.82, 2.24) is 14.5 Å². The fourth-order valence-electron chi connectivity index (χ4n) is 4.87. The summed E-state index contributed by atoms with van der Waals surface area (Å²) in [7, 11) is 0. The molecule has 3 aromatic carbocycles. The summed E-state index contributed by atoms with van der Waals surface area (Å²) in [6.07, 6.45) is 2.94. The minimum atomic E-state index is -0.467. The summed E-state index contributed by atoms with van der Waals surface area (Å²) in [5, 5.41) is 4.49. The van der Waals surface area contributed by atoms with Crippen molar-refractivity contribution in [3.05, 3.63) is 114 Å². The number of ether oxygens (including phenoxy) is 1. The van der Waals surface area contributed by atoms with Crippen molar-refractivity contribution in [1.29, 1.82) is 0 Å². The van der Waals surface area contributed by atoms with Crippen LogP contribution in [0.2, 0.25) is 0 Å². The van der Waals surface area contributed by atoms with Crippen LogP contribution in [0.25, 0.3) is 28.2 Å². The van der Waals surface area contributed by atoms with Gasteiger partial charge in [0.15, 0.2) is 11.6 Å². The lowest BCUT2D eigenvalue weighted by Gasteiger charge is -2.27. The smallest absolute Gasteiger partial charge is 0.245 e. The largest absolute Gasteiger partial charge is 0.378 e. The molecular weight excluding hydrogens is 503 g/mol. The molecule has 200 valence electrons. The van der Waals surface area contributed by atoms with Gasteiger partial charge in [0, 0.05) is 24.3 Å². The third-order valence-corrected chi connectivity index (χ3v) is 6.84. The third kappa shape index (κ3) is 5.34.